The number of nitrogens with one attached hydrogen (secondary N) is 1. The molecule has 1 aliphatic heterocycles. The maximum Gasteiger partial charge on any atom is 0.277 e. The van der Waals surface area contributed by atoms with Gasteiger partial charge >= 0.3 is 0 Å². The van der Waals surface area contributed by atoms with Crippen LogP contribution in [-0.4, -0.2) is 42.1 Å². The summed E-state index contributed by atoms with van der Waals surface area (Å²) in [6.07, 6.45) is 3.45. The van der Waals surface area contributed by atoms with E-state index < -0.39 is 5.91 Å². The quantitative estimate of drug-likeness (QED) is 0.532. The second-order valence-corrected chi connectivity index (χ2v) is 6.35. The van der Waals surface area contributed by atoms with Crippen molar-refractivity contribution in [3.05, 3.63) is 36.3 Å². The molecule has 1 amide bonds. The van der Waals surface area contributed by atoms with Crippen LogP contribution in [0.25, 0.3) is 22.9 Å². The van der Waals surface area contributed by atoms with Gasteiger partial charge in [-0.3, -0.25) is 4.79 Å². The number of carbonyl (C=O) groups excluding carboxylic acids is 1. The molecule has 0 bridgehead atoms. The maximum atomic E-state index is 11.8. The summed E-state index contributed by atoms with van der Waals surface area (Å²) in [4.78, 5) is 24.6. The minimum absolute atomic E-state index is 0.162. The highest BCUT2D eigenvalue weighted by atomic mass is 17.2. The lowest BCUT2D eigenvalue weighted by Crippen LogP contribution is -2.22. The lowest BCUT2D eigenvalue weighted by atomic mass is 10.1. The zero-order chi connectivity index (χ0) is 19.0. The number of rotatable bonds is 4. The van der Waals surface area contributed by atoms with Crippen molar-refractivity contribution in [3.8, 4) is 28.7 Å². The van der Waals surface area contributed by atoms with Crippen molar-refractivity contribution >= 4 is 5.91 Å². The predicted octanol–water partition coefficient (Wildman–Crippen LogP) is 1.92. The molecule has 0 aliphatic carbocycles. The predicted molar refractivity (Wildman–Crippen MR) is 93.7 cm³/mol. The van der Waals surface area contributed by atoms with E-state index in [-0.39, 0.29) is 6.04 Å². The van der Waals surface area contributed by atoms with Crippen molar-refractivity contribution in [2.75, 3.05) is 6.61 Å². The number of hydrogen-bond donors (Lipinski definition) is 2. The molecule has 3 heterocycles. The van der Waals surface area contributed by atoms with E-state index in [1.807, 2.05) is 34.8 Å². The molecule has 140 valence electrons. The third-order valence-electron chi connectivity index (χ3n) is 4.28. The summed E-state index contributed by atoms with van der Waals surface area (Å²) in [5.74, 6) is 1.37. The smallest absolute Gasteiger partial charge is 0.277 e. The van der Waals surface area contributed by atoms with Gasteiger partial charge in [0.1, 0.15) is 30.2 Å². The van der Waals surface area contributed by atoms with Crippen LogP contribution in [0, 0.1) is 0 Å². The summed E-state index contributed by atoms with van der Waals surface area (Å²) >= 11 is 0. The number of carbonyl (C=O) groups is 1. The van der Waals surface area contributed by atoms with Crippen LogP contribution in [0.1, 0.15) is 30.2 Å². The van der Waals surface area contributed by atoms with Crippen LogP contribution in [0.2, 0.25) is 0 Å². The molecule has 0 unspecified atom stereocenters. The first-order chi connectivity index (χ1) is 13.1. The van der Waals surface area contributed by atoms with Gasteiger partial charge in [0.25, 0.3) is 5.91 Å². The van der Waals surface area contributed by atoms with Crippen LogP contribution in [0.4, 0.5) is 0 Å². The fraction of sp³-hybridized carbons (Fsp3) is 0.294. The molecule has 3 aromatic rings. The first-order valence-corrected chi connectivity index (χ1v) is 8.43. The molecule has 1 aliphatic rings. The number of hydrogen-bond acceptors (Lipinski definition) is 7. The minimum atomic E-state index is -0.581. The molecule has 0 spiro atoms. The van der Waals surface area contributed by atoms with E-state index in [1.165, 1.54) is 6.33 Å². The summed E-state index contributed by atoms with van der Waals surface area (Å²) in [6.45, 7) is 5.10. The van der Waals surface area contributed by atoms with E-state index in [1.54, 1.807) is 18.2 Å². The Balaban J connectivity index is 1.77. The van der Waals surface area contributed by atoms with Crippen LogP contribution in [0.15, 0.2) is 30.7 Å². The van der Waals surface area contributed by atoms with Gasteiger partial charge in [-0.05, 0) is 32.0 Å². The van der Waals surface area contributed by atoms with Crippen LogP contribution >= 0.6 is 0 Å². The number of imidazole rings is 1. The number of nitrogens with zero attached hydrogens (tertiary/aromatic N) is 5. The zero-order valence-electron chi connectivity index (χ0n) is 14.8. The highest BCUT2D eigenvalue weighted by Crippen LogP contribution is 2.34. The molecule has 10 nitrogen and oxygen atoms in total. The number of aromatic nitrogens is 5. The first kappa shape index (κ1) is 17.2. The summed E-state index contributed by atoms with van der Waals surface area (Å²) in [5, 5.41) is 12.6. The number of benzene rings is 1. The summed E-state index contributed by atoms with van der Waals surface area (Å²) < 4.78 is 9.59. The Morgan fingerprint density at radius 2 is 2.22 bits per heavy atom. The van der Waals surface area contributed by atoms with Crippen molar-refractivity contribution < 1.29 is 19.8 Å². The number of fused-ring (bicyclic) bond motifs is 3. The van der Waals surface area contributed by atoms with Crippen molar-refractivity contribution in [1.29, 1.82) is 0 Å². The Bertz CT molecular complexity index is 993. The topological polar surface area (TPSA) is 116 Å². The molecule has 0 radical (unpaired) electrons. The van der Waals surface area contributed by atoms with Gasteiger partial charge in [-0.1, -0.05) is 0 Å². The molecule has 0 saturated carbocycles. The molecular formula is C17H18N6O4. The van der Waals surface area contributed by atoms with Crippen LogP contribution in [-0.2, 0) is 11.5 Å². The van der Waals surface area contributed by atoms with Crippen LogP contribution < -0.4 is 10.2 Å². The number of hydroxylamine groups is 1. The van der Waals surface area contributed by atoms with Gasteiger partial charge in [-0.15, -0.1) is 4.99 Å². The second-order valence-electron chi connectivity index (χ2n) is 6.35. The Hall–Kier alpha value is -3.24. The average Bonchev–Trinajstić information content (AvgIpc) is 3.26. The van der Waals surface area contributed by atoms with Gasteiger partial charge < -0.3 is 9.30 Å². The van der Waals surface area contributed by atoms with E-state index in [9.17, 15) is 4.79 Å². The highest BCUT2D eigenvalue weighted by Gasteiger charge is 2.22. The average molecular weight is 370 g/mol. The van der Waals surface area contributed by atoms with Gasteiger partial charge in [0.2, 0.25) is 0 Å². The Labute approximate surface area is 154 Å². The van der Waals surface area contributed by atoms with Crippen molar-refractivity contribution in [2.24, 2.45) is 0 Å². The molecule has 2 N–H and O–H groups in total. The van der Waals surface area contributed by atoms with E-state index >= 15 is 0 Å². The molecular weight excluding hydrogens is 352 g/mol. The fourth-order valence-corrected chi connectivity index (χ4v) is 3.04. The first-order valence-electron chi connectivity index (χ1n) is 8.43. The van der Waals surface area contributed by atoms with Gasteiger partial charge in [-0.2, -0.15) is 10.6 Å². The van der Waals surface area contributed by atoms with E-state index in [4.69, 9.17) is 15.0 Å². The fourth-order valence-electron chi connectivity index (χ4n) is 3.04. The summed E-state index contributed by atoms with van der Waals surface area (Å²) in [5.41, 5.74) is 3.64. The number of ether oxygens (including phenoxy) is 1. The molecule has 4 rings (SSSR count). The van der Waals surface area contributed by atoms with E-state index in [0.717, 1.165) is 17.1 Å². The molecule has 0 fully saturated rings. The van der Waals surface area contributed by atoms with Gasteiger partial charge in [0.15, 0.2) is 5.82 Å². The van der Waals surface area contributed by atoms with Crippen LogP contribution in [0.3, 0.4) is 0 Å². The zero-order valence-corrected chi connectivity index (χ0v) is 14.8. The molecule has 0 saturated heterocycles. The standard InChI is InChI=1S/C17H18N6O4/c1-10(2)23-16(18-9-19-23)13-8-22-5-6-26-14-7-11(17(24)21-27-25)3-4-12(14)15(22)20-13/h3-4,7-10,25H,5-6H2,1-2H3,(H,21,24). The molecule has 0 atom stereocenters. The Morgan fingerprint density at radius 1 is 1.37 bits per heavy atom. The lowest BCUT2D eigenvalue weighted by molar-refractivity contribution is -0.277. The lowest BCUT2D eigenvalue weighted by Gasteiger charge is -2.09. The monoisotopic (exact) mass is 370 g/mol. The molecule has 10 heteroatoms. The highest BCUT2D eigenvalue weighted by molar-refractivity contribution is 5.94. The van der Waals surface area contributed by atoms with Crippen molar-refractivity contribution in [1.82, 2.24) is 29.8 Å². The largest absolute Gasteiger partial charge is 0.491 e. The SMILES string of the molecule is CC(C)n1ncnc1-c1cn2c(n1)-c1ccc(C(=O)NOO)cc1OCC2. The van der Waals surface area contributed by atoms with E-state index in [0.29, 0.717) is 30.3 Å². The maximum absolute atomic E-state index is 11.8. The second kappa shape index (κ2) is 6.82. The minimum Gasteiger partial charge on any atom is -0.491 e. The van der Waals surface area contributed by atoms with Crippen molar-refractivity contribution in [3.63, 3.8) is 0 Å². The van der Waals surface area contributed by atoms with Crippen molar-refractivity contribution in [2.45, 2.75) is 26.4 Å². The third-order valence-corrected chi connectivity index (χ3v) is 4.28. The van der Waals surface area contributed by atoms with Crippen LogP contribution in [0.5, 0.6) is 5.75 Å². The van der Waals surface area contributed by atoms with E-state index in [2.05, 4.69) is 15.1 Å². The van der Waals surface area contributed by atoms with Gasteiger partial charge in [0, 0.05) is 17.8 Å². The van der Waals surface area contributed by atoms with Gasteiger partial charge in [-0.25, -0.2) is 19.9 Å². The Kier molecular flexibility index (Phi) is 4.34. The normalized spacial score (nSPS) is 12.9. The third kappa shape index (κ3) is 3.04. The molecule has 2 aromatic heterocycles. The van der Waals surface area contributed by atoms with Gasteiger partial charge in [0.05, 0.1) is 12.1 Å². The molecule has 1 aromatic carbocycles. The summed E-state index contributed by atoms with van der Waals surface area (Å²) in [7, 11) is 0. The molecule has 27 heavy (non-hydrogen) atoms. The Morgan fingerprint density at radius 3 is 3.00 bits per heavy atom. The number of amides is 1. The summed E-state index contributed by atoms with van der Waals surface area (Å²) in [6, 6.07) is 5.11.